The lowest BCUT2D eigenvalue weighted by molar-refractivity contribution is 0.562. The largest absolute Gasteiger partial charge is 0.330 e. The molecule has 27 heavy (non-hydrogen) atoms. The zero-order valence-electron chi connectivity index (χ0n) is 19.2. The second-order valence-electron chi connectivity index (χ2n) is 7.47. The Morgan fingerprint density at radius 2 is 0.519 bits per heavy atom. The Labute approximate surface area is 172 Å². The number of hydrogen-bond donors (Lipinski definition) is 4. The maximum absolute atomic E-state index is 5.41. The van der Waals surface area contributed by atoms with Gasteiger partial charge in [-0.2, -0.15) is 0 Å². The zero-order valence-corrected chi connectivity index (χ0v) is 19.2. The second-order valence-corrected chi connectivity index (χ2v) is 7.47. The van der Waals surface area contributed by atoms with Crippen molar-refractivity contribution in [1.82, 2.24) is 0 Å². The molecule has 4 heteroatoms. The van der Waals surface area contributed by atoms with E-state index in [1.165, 1.54) is 116 Å². The Hall–Kier alpha value is -0.160. The van der Waals surface area contributed by atoms with Gasteiger partial charge in [-0.15, -0.1) is 0 Å². The highest BCUT2D eigenvalue weighted by molar-refractivity contribution is 4.48. The summed E-state index contributed by atoms with van der Waals surface area (Å²) < 4.78 is 0. The van der Waals surface area contributed by atoms with Crippen LogP contribution in [-0.2, 0) is 0 Å². The van der Waals surface area contributed by atoms with E-state index < -0.39 is 0 Å². The van der Waals surface area contributed by atoms with Crippen LogP contribution in [0.2, 0.25) is 0 Å². The van der Waals surface area contributed by atoms with Gasteiger partial charge in [-0.3, -0.25) is 0 Å². The fraction of sp³-hybridized carbons (Fsp3) is 1.00. The minimum absolute atomic E-state index is 0.250. The molecule has 0 aromatic carbocycles. The van der Waals surface area contributed by atoms with Gasteiger partial charge in [-0.25, -0.2) is 0 Å². The van der Waals surface area contributed by atoms with E-state index in [0.29, 0.717) is 0 Å². The average Bonchev–Trinajstić information content (AvgIpc) is 2.67. The van der Waals surface area contributed by atoms with Crippen LogP contribution in [0, 0.1) is 0 Å². The van der Waals surface area contributed by atoms with Gasteiger partial charge in [-0.05, 0) is 25.9 Å². The quantitative estimate of drug-likeness (QED) is 0.175. The number of nitrogens with two attached hydrogens (primary N) is 4. The maximum Gasteiger partial charge on any atom is 0.0403 e. The first-order valence-electron chi connectivity index (χ1n) is 12.0. The molecule has 0 radical (unpaired) electrons. The van der Waals surface area contributed by atoms with Crippen molar-refractivity contribution in [1.29, 1.82) is 0 Å². The first-order valence-corrected chi connectivity index (χ1v) is 12.0. The average molecular weight is 389 g/mol. The molecule has 0 unspecified atom stereocenters. The summed E-state index contributed by atoms with van der Waals surface area (Å²) in [6.45, 7) is 6.52. The highest BCUT2D eigenvalue weighted by Crippen LogP contribution is 2.09. The molecular weight excluding hydrogens is 332 g/mol. The van der Waals surface area contributed by atoms with Crippen molar-refractivity contribution in [3.05, 3.63) is 0 Å². The molecule has 0 fully saturated rings. The van der Waals surface area contributed by atoms with Crippen molar-refractivity contribution in [2.24, 2.45) is 22.9 Å². The van der Waals surface area contributed by atoms with Gasteiger partial charge in [0.15, 0.2) is 0 Å². The Kier molecular flexibility index (Phi) is 42.9. The van der Waals surface area contributed by atoms with Crippen LogP contribution >= 0.6 is 0 Å². The van der Waals surface area contributed by atoms with Crippen LogP contribution in [0.3, 0.4) is 0 Å². The van der Waals surface area contributed by atoms with Crippen molar-refractivity contribution >= 4 is 0 Å². The van der Waals surface area contributed by atoms with Crippen molar-refractivity contribution in [2.45, 2.75) is 129 Å². The molecule has 0 atom stereocenters. The van der Waals surface area contributed by atoms with E-state index >= 15 is 0 Å². The van der Waals surface area contributed by atoms with E-state index in [1.54, 1.807) is 0 Å². The Bertz CT molecular complexity index is 183. The molecule has 168 valence electrons. The molecular formula is C23H56N4. The van der Waals surface area contributed by atoms with Gasteiger partial charge in [0.25, 0.3) is 0 Å². The summed E-state index contributed by atoms with van der Waals surface area (Å²) in [6, 6.07) is 0. The third-order valence-corrected chi connectivity index (χ3v) is 4.62. The summed E-state index contributed by atoms with van der Waals surface area (Å²) in [5.74, 6) is 0. The van der Waals surface area contributed by atoms with E-state index in [4.69, 9.17) is 11.5 Å². The summed E-state index contributed by atoms with van der Waals surface area (Å²) in [7, 11) is 0. The molecule has 0 aromatic heterocycles. The predicted octanol–water partition coefficient (Wildman–Crippen LogP) is 5.81. The summed E-state index contributed by atoms with van der Waals surface area (Å²) in [4.78, 5) is 0. The lowest BCUT2D eigenvalue weighted by Crippen LogP contribution is -2.08. The molecule has 8 N–H and O–H groups in total. The molecule has 0 spiro atoms. The molecule has 0 aliphatic heterocycles. The molecule has 4 nitrogen and oxygen atoms in total. The minimum Gasteiger partial charge on any atom is -0.330 e. The summed E-state index contributed by atoms with van der Waals surface area (Å²) >= 11 is 0. The van der Waals surface area contributed by atoms with Crippen LogP contribution in [0.4, 0.5) is 0 Å². The normalized spacial score (nSPS) is 10.0. The van der Waals surface area contributed by atoms with E-state index in [1.807, 2.05) is 0 Å². The number of unbranched alkanes of at least 4 members (excludes halogenated alkanes) is 16. The Balaban J connectivity index is -0.000000376. The number of rotatable bonds is 18. The predicted molar refractivity (Wildman–Crippen MR) is 126 cm³/mol. The van der Waals surface area contributed by atoms with Crippen molar-refractivity contribution < 1.29 is 0 Å². The smallest absolute Gasteiger partial charge is 0.0403 e. The van der Waals surface area contributed by atoms with Gasteiger partial charge < -0.3 is 22.9 Å². The summed E-state index contributed by atoms with van der Waals surface area (Å²) in [5.41, 5.74) is 20.1. The van der Waals surface area contributed by atoms with Crippen LogP contribution in [-0.4, -0.2) is 19.8 Å². The first kappa shape index (κ1) is 31.5. The second kappa shape index (κ2) is 36.7. The van der Waals surface area contributed by atoms with Crippen molar-refractivity contribution in [2.75, 3.05) is 19.8 Å². The Morgan fingerprint density at radius 1 is 0.333 bits per heavy atom. The molecule has 0 saturated carbocycles. The van der Waals surface area contributed by atoms with Gasteiger partial charge in [0.1, 0.15) is 0 Å². The Morgan fingerprint density at radius 3 is 0.704 bits per heavy atom. The molecule has 0 saturated heterocycles. The van der Waals surface area contributed by atoms with Gasteiger partial charge >= 0.3 is 0 Å². The SMILES string of the molecule is CCCCCCCCCCC.NCCCCCCCCCCCN.NCN. The zero-order chi connectivity index (χ0) is 20.8. The van der Waals surface area contributed by atoms with Gasteiger partial charge in [0.2, 0.25) is 0 Å². The van der Waals surface area contributed by atoms with E-state index in [2.05, 4.69) is 25.3 Å². The van der Waals surface area contributed by atoms with Crippen LogP contribution < -0.4 is 22.9 Å². The van der Waals surface area contributed by atoms with Gasteiger partial charge in [0.05, 0.1) is 0 Å². The van der Waals surface area contributed by atoms with Crippen LogP contribution in [0.15, 0.2) is 0 Å². The first-order chi connectivity index (χ1) is 13.2. The third-order valence-electron chi connectivity index (χ3n) is 4.62. The monoisotopic (exact) mass is 388 g/mol. The fourth-order valence-electron chi connectivity index (χ4n) is 2.91. The van der Waals surface area contributed by atoms with E-state index in [0.717, 1.165) is 13.1 Å². The minimum atomic E-state index is 0.250. The summed E-state index contributed by atoms with van der Waals surface area (Å²) in [6.07, 6.45) is 24.9. The van der Waals surface area contributed by atoms with E-state index in [-0.39, 0.29) is 6.67 Å². The molecule has 0 aromatic rings. The van der Waals surface area contributed by atoms with Gasteiger partial charge in [-0.1, -0.05) is 117 Å². The lowest BCUT2D eigenvalue weighted by Gasteiger charge is -2.00. The van der Waals surface area contributed by atoms with Crippen molar-refractivity contribution in [3.8, 4) is 0 Å². The third kappa shape index (κ3) is 46.1. The highest BCUT2D eigenvalue weighted by Gasteiger charge is 1.91. The molecule has 0 heterocycles. The molecule has 0 bridgehead atoms. The topological polar surface area (TPSA) is 104 Å². The molecule has 0 aliphatic carbocycles. The summed E-state index contributed by atoms with van der Waals surface area (Å²) in [5, 5.41) is 0. The van der Waals surface area contributed by atoms with Gasteiger partial charge in [0, 0.05) is 6.67 Å². The van der Waals surface area contributed by atoms with Crippen LogP contribution in [0.1, 0.15) is 129 Å². The molecule has 0 amide bonds. The fourth-order valence-corrected chi connectivity index (χ4v) is 2.91. The standard InChI is InChI=1S/C11H26N2.C11H24.CH6N2/c12-10-8-6-4-2-1-3-5-7-9-11-13;1-3-5-7-9-11-10-8-6-4-2;2-1-3/h1-13H2;3-11H2,1-2H3;1-3H2. The van der Waals surface area contributed by atoms with Crippen LogP contribution in [0.25, 0.3) is 0 Å². The van der Waals surface area contributed by atoms with E-state index in [9.17, 15) is 0 Å². The van der Waals surface area contributed by atoms with Crippen LogP contribution in [0.5, 0.6) is 0 Å². The molecule has 0 rings (SSSR count). The molecule has 0 aliphatic rings. The van der Waals surface area contributed by atoms with Crippen molar-refractivity contribution in [3.63, 3.8) is 0 Å². The number of hydrogen-bond acceptors (Lipinski definition) is 4. The highest BCUT2D eigenvalue weighted by atomic mass is 14.7. The lowest BCUT2D eigenvalue weighted by atomic mass is 10.1. The maximum atomic E-state index is 5.41.